The number of hydrogen-bond acceptors (Lipinski definition) is 5. The average Bonchev–Trinajstić information content (AvgIpc) is 2.52. The molecule has 140 valence electrons. The molecule has 0 saturated carbocycles. The van der Waals surface area contributed by atoms with Gasteiger partial charge in [-0.25, -0.2) is 9.59 Å². The van der Waals surface area contributed by atoms with E-state index in [9.17, 15) is 14.4 Å². The molecule has 0 aliphatic rings. The summed E-state index contributed by atoms with van der Waals surface area (Å²) in [5.74, 6) is -0.797. The Morgan fingerprint density at radius 2 is 1.88 bits per heavy atom. The molecule has 24 heavy (non-hydrogen) atoms. The second-order valence-corrected chi connectivity index (χ2v) is 6.52. The number of alkyl carbamates (subject to hydrolysis) is 1. The normalized spacial score (nSPS) is 12.8. The van der Waals surface area contributed by atoms with E-state index in [1.54, 1.807) is 20.8 Å². The molecule has 0 aromatic rings. The van der Waals surface area contributed by atoms with Crippen molar-refractivity contribution in [2.45, 2.75) is 77.8 Å². The molecule has 0 aromatic carbocycles. The molecule has 2 N–H and O–H groups in total. The summed E-state index contributed by atoms with van der Waals surface area (Å²) in [5, 5.41) is 5.22. The third-order valence-electron chi connectivity index (χ3n) is 3.09. The van der Waals surface area contributed by atoms with E-state index >= 15 is 0 Å². The lowest BCUT2D eigenvalue weighted by atomic mass is 10.1. The van der Waals surface area contributed by atoms with Gasteiger partial charge in [-0.1, -0.05) is 26.2 Å². The smallest absolute Gasteiger partial charge is 0.408 e. The molecule has 7 heteroatoms. The minimum absolute atomic E-state index is 0.0995. The van der Waals surface area contributed by atoms with Crippen LogP contribution in [0.5, 0.6) is 0 Å². The fraction of sp³-hybridized carbons (Fsp3) is 0.824. The second-order valence-electron chi connectivity index (χ2n) is 6.52. The van der Waals surface area contributed by atoms with Gasteiger partial charge in [-0.3, -0.25) is 4.79 Å². The number of ether oxygens (including phenoxy) is 2. The van der Waals surface area contributed by atoms with Gasteiger partial charge in [0.05, 0.1) is 7.11 Å². The van der Waals surface area contributed by atoms with Crippen LogP contribution in [0.3, 0.4) is 0 Å². The summed E-state index contributed by atoms with van der Waals surface area (Å²) in [6, 6.07) is -0.928. The quantitative estimate of drug-likeness (QED) is 0.469. The third kappa shape index (κ3) is 11.7. The molecule has 1 atom stereocenters. The molecule has 0 aliphatic heterocycles. The zero-order valence-electron chi connectivity index (χ0n) is 16.3. The highest BCUT2D eigenvalue weighted by Gasteiger charge is 2.25. The summed E-state index contributed by atoms with van der Waals surface area (Å²) < 4.78 is 16.8. The van der Waals surface area contributed by atoms with Gasteiger partial charge in [-0.05, 0) is 33.6 Å². The van der Waals surface area contributed by atoms with Crippen LogP contribution < -0.4 is 10.6 Å². The van der Waals surface area contributed by atoms with Crippen molar-refractivity contribution in [3.8, 4) is 0 Å². The van der Waals surface area contributed by atoms with Crippen LogP contribution in [0, 0.1) is 0 Å². The first-order valence-electron chi connectivity index (χ1n) is 9.03. The number of rotatable bonds is 10. The van der Waals surface area contributed by atoms with Crippen LogP contribution in [0.1, 0.15) is 67.6 Å². The number of esters is 1. The van der Waals surface area contributed by atoms with Crippen molar-refractivity contribution in [1.82, 2.24) is 10.6 Å². The first-order chi connectivity index (χ1) is 11.7. The zero-order chi connectivity index (χ0) is 19.3. The van der Waals surface area contributed by atoms with Crippen LogP contribution in [0.4, 0.5) is 4.79 Å². The third-order valence-corrected chi connectivity index (χ3v) is 3.09. The number of methoxy groups -OCH3 is 1. The van der Waals surface area contributed by atoms with Crippen molar-refractivity contribution < 1.29 is 25.2 Å². The minimum Gasteiger partial charge on any atom is -0.467 e. The highest BCUT2D eigenvalue weighted by Crippen LogP contribution is 2.08. The summed E-state index contributed by atoms with van der Waals surface area (Å²) in [6.07, 6.45) is 3.22. The van der Waals surface area contributed by atoms with E-state index in [2.05, 4.69) is 15.4 Å². The van der Waals surface area contributed by atoms with E-state index in [0.717, 1.165) is 25.7 Å². The Hall–Kier alpha value is -1.79. The molecule has 0 radical (unpaired) electrons. The molecule has 2 amide bonds. The molecule has 0 bridgehead atoms. The number of amides is 2. The first kappa shape index (κ1) is 20.3. The van der Waals surface area contributed by atoms with Crippen LogP contribution in [0.2, 0.25) is 0 Å². The lowest BCUT2D eigenvalue weighted by Gasteiger charge is -2.22. The van der Waals surface area contributed by atoms with Gasteiger partial charge in [0.1, 0.15) is 11.6 Å². The van der Waals surface area contributed by atoms with Crippen LogP contribution >= 0.6 is 0 Å². The van der Waals surface area contributed by atoms with Gasteiger partial charge < -0.3 is 20.1 Å². The predicted molar refractivity (Wildman–Crippen MR) is 91.6 cm³/mol. The van der Waals surface area contributed by atoms with Gasteiger partial charge >= 0.3 is 12.1 Å². The Morgan fingerprint density at radius 1 is 1.17 bits per heavy atom. The SMILES string of the molecule is [2H]CCCCCCNC(=O)CC[C@H](NC(=O)OC(C)(C)C)C(=O)OC. The first-order valence-corrected chi connectivity index (χ1v) is 8.33. The van der Waals surface area contributed by atoms with Crippen LogP contribution in [-0.2, 0) is 19.1 Å². The standard InChI is InChI=1S/C17H32N2O5/c1-6-7-8-9-12-18-14(20)11-10-13(15(21)23-5)19-16(22)24-17(2,3)4/h13H,6-12H2,1-5H3,(H,18,20)(H,19,22)/t13-/m0/s1/i1D. The van der Waals surface area contributed by atoms with E-state index in [1.165, 1.54) is 7.11 Å². The summed E-state index contributed by atoms with van der Waals surface area (Å²) in [4.78, 5) is 35.3. The van der Waals surface area contributed by atoms with Gasteiger partial charge in [-0.15, -0.1) is 0 Å². The molecule has 7 nitrogen and oxygen atoms in total. The number of nitrogens with one attached hydrogen (secondary N) is 2. The predicted octanol–water partition coefficient (Wildman–Crippen LogP) is 2.53. The van der Waals surface area contributed by atoms with Crippen LogP contribution in [-0.4, -0.2) is 43.3 Å². The zero-order valence-corrected chi connectivity index (χ0v) is 15.3. The topological polar surface area (TPSA) is 93.7 Å². The Morgan fingerprint density at radius 3 is 2.46 bits per heavy atom. The Kier molecular flexibility index (Phi) is 9.88. The van der Waals surface area contributed by atoms with E-state index in [-0.39, 0.29) is 18.7 Å². The number of hydrogen-bond donors (Lipinski definition) is 2. The molecule has 0 heterocycles. The maximum atomic E-state index is 11.8. The van der Waals surface area contributed by atoms with Crippen LogP contribution in [0.25, 0.3) is 0 Å². The second kappa shape index (κ2) is 11.7. The lowest BCUT2D eigenvalue weighted by Crippen LogP contribution is -2.44. The number of carbonyl (C=O) groups is 3. The van der Waals surface area contributed by atoms with Gasteiger partial charge in [0.2, 0.25) is 5.91 Å². The maximum absolute atomic E-state index is 11.8. The van der Waals surface area contributed by atoms with Gasteiger partial charge in [0, 0.05) is 14.3 Å². The molecular formula is C17H32N2O5. The summed E-state index contributed by atoms with van der Waals surface area (Å²) in [7, 11) is 1.23. The van der Waals surface area contributed by atoms with E-state index in [0.29, 0.717) is 13.4 Å². The van der Waals surface area contributed by atoms with Crippen LogP contribution in [0.15, 0.2) is 0 Å². The summed E-state index contributed by atoms with van der Waals surface area (Å²) in [6.45, 7) is 6.16. The fourth-order valence-electron chi connectivity index (χ4n) is 1.91. The lowest BCUT2D eigenvalue weighted by molar-refractivity contribution is -0.143. The summed E-state index contributed by atoms with van der Waals surface area (Å²) in [5.41, 5.74) is -0.678. The molecule has 0 aliphatic carbocycles. The Bertz CT molecular complexity index is 424. The molecule has 0 aromatic heterocycles. The van der Waals surface area contributed by atoms with Crippen molar-refractivity contribution in [2.75, 3.05) is 13.7 Å². The molecule has 0 fully saturated rings. The van der Waals surface area contributed by atoms with Gasteiger partial charge in [-0.2, -0.15) is 0 Å². The van der Waals surface area contributed by atoms with Crippen molar-refractivity contribution in [2.24, 2.45) is 0 Å². The molecule has 0 saturated heterocycles. The van der Waals surface area contributed by atoms with E-state index in [4.69, 9.17) is 6.11 Å². The highest BCUT2D eigenvalue weighted by molar-refractivity contribution is 5.82. The van der Waals surface area contributed by atoms with Crippen molar-refractivity contribution in [3.63, 3.8) is 0 Å². The van der Waals surface area contributed by atoms with Gasteiger partial charge in [0.25, 0.3) is 0 Å². The van der Waals surface area contributed by atoms with Crippen molar-refractivity contribution in [3.05, 3.63) is 0 Å². The van der Waals surface area contributed by atoms with E-state index < -0.39 is 23.7 Å². The molecular weight excluding hydrogens is 312 g/mol. The highest BCUT2D eigenvalue weighted by atomic mass is 16.6. The fourth-order valence-corrected chi connectivity index (χ4v) is 1.91. The Balaban J connectivity index is 4.20. The Labute approximate surface area is 146 Å². The number of carbonyl (C=O) groups excluding carboxylic acids is 3. The summed E-state index contributed by atoms with van der Waals surface area (Å²) >= 11 is 0. The molecule has 0 rings (SSSR count). The van der Waals surface area contributed by atoms with E-state index in [1.807, 2.05) is 0 Å². The largest absolute Gasteiger partial charge is 0.467 e. The van der Waals surface area contributed by atoms with Gasteiger partial charge in [0.15, 0.2) is 0 Å². The minimum atomic E-state index is -0.928. The van der Waals surface area contributed by atoms with Crippen molar-refractivity contribution >= 4 is 18.0 Å². The number of unbranched alkanes of at least 4 members (excludes halogenated alkanes) is 3. The monoisotopic (exact) mass is 345 g/mol. The molecule has 0 spiro atoms. The molecule has 0 unspecified atom stereocenters. The maximum Gasteiger partial charge on any atom is 0.408 e. The average molecular weight is 345 g/mol. The van der Waals surface area contributed by atoms with Crippen molar-refractivity contribution in [1.29, 1.82) is 0 Å².